The normalized spacial score (nSPS) is 22.9. The van der Waals surface area contributed by atoms with Crippen molar-refractivity contribution in [2.24, 2.45) is 29.6 Å². The van der Waals surface area contributed by atoms with Gasteiger partial charge in [0, 0.05) is 6.92 Å². The van der Waals surface area contributed by atoms with Gasteiger partial charge in [0.2, 0.25) is 0 Å². The summed E-state index contributed by atoms with van der Waals surface area (Å²) >= 11 is 0. The SMILES string of the molecule is CC1CCC(C)CC1.CCCC1CCC(C)CC1.CCCC1CCCC(OC(C)=O)C1O.CCCc1ccc(C)cc1.CCOOc1ccc(C)cc1.Cc1ccc(C)cc1. The van der Waals surface area contributed by atoms with Crippen molar-refractivity contribution >= 4 is 5.97 Å². The summed E-state index contributed by atoms with van der Waals surface area (Å²) in [6.07, 6.45) is 21.5. The van der Waals surface area contributed by atoms with Crippen LogP contribution in [0.4, 0.5) is 0 Å². The minimum Gasteiger partial charge on any atom is -0.460 e. The summed E-state index contributed by atoms with van der Waals surface area (Å²) in [6, 6.07) is 25.0. The third-order valence-corrected chi connectivity index (χ3v) is 12.2. The molecule has 3 aliphatic rings. The van der Waals surface area contributed by atoms with E-state index in [9.17, 15) is 9.90 Å². The molecule has 0 radical (unpaired) electrons. The molecule has 6 rings (SSSR count). The van der Waals surface area contributed by atoms with Crippen LogP contribution in [0, 0.1) is 57.3 Å². The Morgan fingerprint density at radius 1 is 0.574 bits per heavy atom. The van der Waals surface area contributed by atoms with E-state index in [4.69, 9.17) is 14.5 Å². The van der Waals surface area contributed by atoms with E-state index in [1.807, 2.05) is 38.1 Å². The highest BCUT2D eigenvalue weighted by Crippen LogP contribution is 2.31. The van der Waals surface area contributed by atoms with Crippen molar-refractivity contribution in [3.8, 4) is 5.75 Å². The number of carbonyl (C=O) groups is 1. The third-order valence-electron chi connectivity index (χ3n) is 12.2. The number of hydrogen-bond donors (Lipinski definition) is 1. The number of carbonyl (C=O) groups excluding carboxylic acids is 1. The summed E-state index contributed by atoms with van der Waals surface area (Å²) in [5.74, 6) is 4.92. The predicted molar refractivity (Wildman–Crippen MR) is 261 cm³/mol. The molecule has 346 valence electrons. The summed E-state index contributed by atoms with van der Waals surface area (Å²) in [5, 5.41) is 9.93. The second kappa shape index (κ2) is 34.3. The van der Waals surface area contributed by atoms with Gasteiger partial charge in [-0.15, -0.1) is 0 Å². The van der Waals surface area contributed by atoms with E-state index < -0.39 is 6.10 Å². The number of aryl methyl sites for hydroxylation is 5. The molecule has 0 aromatic heterocycles. The molecule has 0 amide bonds. The predicted octanol–water partition coefficient (Wildman–Crippen LogP) is 15.9. The third kappa shape index (κ3) is 28.2. The summed E-state index contributed by atoms with van der Waals surface area (Å²) in [5.41, 5.74) is 6.67. The number of benzene rings is 3. The molecule has 3 aliphatic carbocycles. The van der Waals surface area contributed by atoms with Crippen molar-refractivity contribution in [3.05, 3.63) is 101 Å². The molecule has 0 saturated heterocycles. The highest BCUT2D eigenvalue weighted by molar-refractivity contribution is 5.66. The maximum atomic E-state index is 10.8. The van der Waals surface area contributed by atoms with Crippen LogP contribution in [-0.2, 0) is 20.8 Å². The van der Waals surface area contributed by atoms with E-state index in [1.165, 1.54) is 112 Å². The molecule has 0 spiro atoms. The Morgan fingerprint density at radius 2 is 1.00 bits per heavy atom. The van der Waals surface area contributed by atoms with Crippen LogP contribution >= 0.6 is 0 Å². The van der Waals surface area contributed by atoms with Gasteiger partial charge in [0.05, 0.1) is 12.7 Å². The second-order valence-electron chi connectivity index (χ2n) is 18.6. The minimum atomic E-state index is -0.451. The summed E-state index contributed by atoms with van der Waals surface area (Å²) in [4.78, 5) is 20.5. The van der Waals surface area contributed by atoms with Crippen LogP contribution in [0.2, 0.25) is 0 Å². The number of rotatable bonds is 10. The Labute approximate surface area is 376 Å². The fraction of sp³-hybridized carbons (Fsp3) is 0.661. The molecule has 5 nitrogen and oxygen atoms in total. The van der Waals surface area contributed by atoms with Gasteiger partial charge in [0.1, 0.15) is 6.10 Å². The fourth-order valence-corrected chi connectivity index (χ4v) is 8.11. The van der Waals surface area contributed by atoms with Gasteiger partial charge in [0.15, 0.2) is 5.75 Å². The lowest BCUT2D eigenvalue weighted by atomic mass is 9.81. The Hall–Kier alpha value is -3.15. The lowest BCUT2D eigenvalue weighted by molar-refractivity contribution is -0.202. The van der Waals surface area contributed by atoms with Gasteiger partial charge in [0.25, 0.3) is 0 Å². The first-order chi connectivity index (χ1) is 29.2. The first-order valence-corrected chi connectivity index (χ1v) is 24.5. The van der Waals surface area contributed by atoms with Crippen molar-refractivity contribution in [2.75, 3.05) is 6.61 Å². The van der Waals surface area contributed by atoms with E-state index in [0.717, 1.165) is 61.5 Å². The summed E-state index contributed by atoms with van der Waals surface area (Å²) in [6.45, 7) is 25.9. The quantitative estimate of drug-likeness (QED) is 0.125. The summed E-state index contributed by atoms with van der Waals surface area (Å²) in [7, 11) is 0. The smallest absolute Gasteiger partial charge is 0.302 e. The molecule has 3 aromatic carbocycles. The zero-order chi connectivity index (χ0) is 45.4. The van der Waals surface area contributed by atoms with E-state index >= 15 is 0 Å². The van der Waals surface area contributed by atoms with Crippen LogP contribution in [0.5, 0.6) is 5.75 Å². The minimum absolute atomic E-state index is 0.266. The molecule has 3 saturated carbocycles. The van der Waals surface area contributed by atoms with Crippen LogP contribution < -0.4 is 4.89 Å². The first-order valence-electron chi connectivity index (χ1n) is 24.5. The van der Waals surface area contributed by atoms with Gasteiger partial charge < -0.3 is 14.7 Å². The van der Waals surface area contributed by atoms with Gasteiger partial charge in [-0.25, -0.2) is 0 Å². The lowest BCUT2D eigenvalue weighted by Crippen LogP contribution is -2.40. The molecule has 0 heterocycles. The van der Waals surface area contributed by atoms with Crippen LogP contribution in [0.15, 0.2) is 72.8 Å². The number of hydrogen-bond acceptors (Lipinski definition) is 5. The van der Waals surface area contributed by atoms with Gasteiger partial charge in [-0.3, -0.25) is 4.79 Å². The van der Waals surface area contributed by atoms with Crippen molar-refractivity contribution < 1.29 is 24.4 Å². The number of aliphatic hydroxyl groups excluding tert-OH is 1. The van der Waals surface area contributed by atoms with Gasteiger partial charge in [-0.05, 0) is 114 Å². The Bertz CT molecular complexity index is 1420. The molecule has 61 heavy (non-hydrogen) atoms. The van der Waals surface area contributed by atoms with E-state index in [1.54, 1.807) is 0 Å². The molecule has 5 heteroatoms. The van der Waals surface area contributed by atoms with Crippen molar-refractivity contribution in [3.63, 3.8) is 0 Å². The van der Waals surface area contributed by atoms with E-state index in [-0.39, 0.29) is 12.1 Å². The molecule has 3 aromatic rings. The van der Waals surface area contributed by atoms with Gasteiger partial charge in [-0.2, -0.15) is 4.89 Å². The van der Waals surface area contributed by atoms with Gasteiger partial charge >= 0.3 is 5.97 Å². The molecule has 3 atom stereocenters. The first kappa shape index (κ1) is 55.9. The average molecular weight is 845 g/mol. The summed E-state index contributed by atoms with van der Waals surface area (Å²) < 4.78 is 5.09. The zero-order valence-electron chi connectivity index (χ0n) is 41.3. The number of aliphatic hydroxyl groups is 1. The van der Waals surface area contributed by atoms with Crippen molar-refractivity contribution in [2.45, 2.75) is 204 Å². The molecule has 0 aliphatic heterocycles. The molecule has 1 N–H and O–H groups in total. The zero-order valence-corrected chi connectivity index (χ0v) is 41.3. The van der Waals surface area contributed by atoms with Crippen LogP contribution in [-0.4, -0.2) is 29.9 Å². The second-order valence-corrected chi connectivity index (χ2v) is 18.6. The standard InChI is InChI=1S/C11H20O3.C10H20.C10H14.C9H12O2.C8H16.C8H10/c1-3-5-9-6-4-7-10(11(9)13)14-8(2)12;2*1-3-4-10-7-5-9(2)6-8-10;1-3-10-11-9-6-4-8(2)5-7-9;2*1-7-3-5-8(2)6-4-7/h9-11,13H,3-7H2,1-2H3;9-10H,3-8H2,1-2H3;5-8H,3-4H2,1-2H3;4-7H,3H2,1-2H3;7-8H,3-6H2,1-2H3;3-6H,1-2H3. The molecule has 3 fully saturated rings. The number of ether oxygens (including phenoxy) is 1. The van der Waals surface area contributed by atoms with Crippen molar-refractivity contribution in [1.82, 2.24) is 0 Å². The Kier molecular flexibility index (Phi) is 31.5. The van der Waals surface area contributed by atoms with Crippen LogP contribution in [0.1, 0.15) is 186 Å². The number of esters is 1. The molecule has 0 bridgehead atoms. The Morgan fingerprint density at radius 3 is 1.41 bits per heavy atom. The monoisotopic (exact) mass is 845 g/mol. The van der Waals surface area contributed by atoms with Gasteiger partial charge in [-0.1, -0.05) is 202 Å². The fourth-order valence-electron chi connectivity index (χ4n) is 8.11. The average Bonchev–Trinajstić information content (AvgIpc) is 3.24. The maximum absolute atomic E-state index is 10.8. The highest BCUT2D eigenvalue weighted by Gasteiger charge is 2.33. The largest absolute Gasteiger partial charge is 0.460 e. The Balaban J connectivity index is 0.000000370. The highest BCUT2D eigenvalue weighted by atomic mass is 17.2. The van der Waals surface area contributed by atoms with E-state index in [0.29, 0.717) is 12.5 Å². The topological polar surface area (TPSA) is 65.0 Å². The van der Waals surface area contributed by atoms with E-state index in [2.05, 4.69) is 111 Å². The van der Waals surface area contributed by atoms with Crippen LogP contribution in [0.25, 0.3) is 0 Å². The molecule has 3 unspecified atom stereocenters. The molecular weight excluding hydrogens is 753 g/mol. The van der Waals surface area contributed by atoms with Crippen LogP contribution in [0.3, 0.4) is 0 Å². The molecular formula is C56H92O5. The lowest BCUT2D eigenvalue weighted by Gasteiger charge is -2.33. The van der Waals surface area contributed by atoms with Crippen molar-refractivity contribution in [1.29, 1.82) is 0 Å². The maximum Gasteiger partial charge on any atom is 0.302 e.